The third kappa shape index (κ3) is 9.48. The standard InChI is InChI=1S/C13H28N2OS/c1-4-12(8-9-14)6-7-13(16)15-11(3)10-17-5-2/h11-12H,4-10,14H2,1-3H3,(H,15,16). The fourth-order valence-electron chi connectivity index (χ4n) is 1.81. The van der Waals surface area contributed by atoms with Crippen LogP contribution in [0.3, 0.4) is 0 Å². The zero-order chi connectivity index (χ0) is 13.1. The Morgan fingerprint density at radius 3 is 2.59 bits per heavy atom. The number of carbonyl (C=O) groups excluding carboxylic acids is 1. The van der Waals surface area contributed by atoms with Crippen molar-refractivity contribution in [3.8, 4) is 0 Å². The maximum atomic E-state index is 11.7. The average Bonchev–Trinajstić information content (AvgIpc) is 2.31. The molecule has 0 fully saturated rings. The summed E-state index contributed by atoms with van der Waals surface area (Å²) in [7, 11) is 0. The largest absolute Gasteiger partial charge is 0.353 e. The topological polar surface area (TPSA) is 55.1 Å². The molecule has 0 radical (unpaired) electrons. The molecule has 4 heteroatoms. The molecule has 0 aromatic heterocycles. The summed E-state index contributed by atoms with van der Waals surface area (Å²) < 4.78 is 0. The van der Waals surface area contributed by atoms with Crippen LogP contribution in [0.1, 0.15) is 46.5 Å². The Kier molecular flexibility index (Phi) is 10.8. The molecule has 2 atom stereocenters. The van der Waals surface area contributed by atoms with E-state index in [1.165, 1.54) is 0 Å². The molecule has 0 aliphatic heterocycles. The van der Waals surface area contributed by atoms with Crippen molar-refractivity contribution in [1.82, 2.24) is 5.32 Å². The van der Waals surface area contributed by atoms with Gasteiger partial charge in [-0.2, -0.15) is 11.8 Å². The van der Waals surface area contributed by atoms with Crippen LogP contribution in [0.4, 0.5) is 0 Å². The van der Waals surface area contributed by atoms with E-state index in [0.717, 1.165) is 37.3 Å². The van der Waals surface area contributed by atoms with E-state index in [2.05, 4.69) is 26.1 Å². The predicted molar refractivity (Wildman–Crippen MR) is 77.3 cm³/mol. The number of nitrogens with one attached hydrogen (secondary N) is 1. The molecule has 2 unspecified atom stereocenters. The van der Waals surface area contributed by atoms with Crippen molar-refractivity contribution < 1.29 is 4.79 Å². The van der Waals surface area contributed by atoms with Crippen molar-refractivity contribution in [2.24, 2.45) is 11.7 Å². The first-order valence-electron chi connectivity index (χ1n) is 6.71. The Bertz CT molecular complexity index is 200. The minimum atomic E-state index is 0.185. The molecule has 0 saturated heterocycles. The zero-order valence-corrected chi connectivity index (χ0v) is 12.3. The van der Waals surface area contributed by atoms with Gasteiger partial charge in [-0.05, 0) is 38.0 Å². The minimum Gasteiger partial charge on any atom is -0.353 e. The third-order valence-electron chi connectivity index (χ3n) is 2.91. The first-order valence-corrected chi connectivity index (χ1v) is 7.86. The van der Waals surface area contributed by atoms with Crippen LogP contribution in [0.25, 0.3) is 0 Å². The second kappa shape index (κ2) is 10.9. The van der Waals surface area contributed by atoms with Crippen molar-refractivity contribution in [2.45, 2.75) is 52.5 Å². The van der Waals surface area contributed by atoms with Gasteiger partial charge in [0.1, 0.15) is 0 Å². The molecule has 3 nitrogen and oxygen atoms in total. The van der Waals surface area contributed by atoms with E-state index in [-0.39, 0.29) is 11.9 Å². The van der Waals surface area contributed by atoms with Gasteiger partial charge in [-0.25, -0.2) is 0 Å². The van der Waals surface area contributed by atoms with Gasteiger partial charge in [0.2, 0.25) is 5.91 Å². The highest BCUT2D eigenvalue weighted by Crippen LogP contribution is 2.14. The molecule has 0 rings (SSSR count). The number of carbonyl (C=O) groups is 1. The molecule has 1 amide bonds. The van der Waals surface area contributed by atoms with Gasteiger partial charge in [-0.3, -0.25) is 4.79 Å². The van der Waals surface area contributed by atoms with Gasteiger partial charge in [0.25, 0.3) is 0 Å². The zero-order valence-electron chi connectivity index (χ0n) is 11.5. The Balaban J connectivity index is 3.70. The van der Waals surface area contributed by atoms with Crippen LogP contribution >= 0.6 is 11.8 Å². The highest BCUT2D eigenvalue weighted by molar-refractivity contribution is 7.99. The Morgan fingerprint density at radius 1 is 1.35 bits per heavy atom. The normalized spacial score (nSPS) is 14.4. The molecular weight excluding hydrogens is 232 g/mol. The lowest BCUT2D eigenvalue weighted by Crippen LogP contribution is -2.34. The second-order valence-corrected chi connectivity index (χ2v) is 5.84. The van der Waals surface area contributed by atoms with Crippen LogP contribution in [0.5, 0.6) is 0 Å². The number of hydrogen-bond donors (Lipinski definition) is 2. The molecule has 0 saturated carbocycles. The summed E-state index contributed by atoms with van der Waals surface area (Å²) >= 11 is 1.86. The van der Waals surface area contributed by atoms with Gasteiger partial charge in [-0.15, -0.1) is 0 Å². The molecule has 0 spiro atoms. The summed E-state index contributed by atoms with van der Waals surface area (Å²) in [5.41, 5.74) is 5.54. The lowest BCUT2D eigenvalue weighted by molar-refractivity contribution is -0.121. The van der Waals surface area contributed by atoms with Crippen LogP contribution in [0.15, 0.2) is 0 Å². The van der Waals surface area contributed by atoms with Crippen LogP contribution in [0.2, 0.25) is 0 Å². The summed E-state index contributed by atoms with van der Waals surface area (Å²) in [6.07, 6.45) is 3.75. The molecule has 0 heterocycles. The number of hydrogen-bond acceptors (Lipinski definition) is 3. The van der Waals surface area contributed by atoms with E-state index in [0.29, 0.717) is 12.3 Å². The number of rotatable bonds is 10. The molecule has 0 aromatic rings. The number of nitrogens with two attached hydrogens (primary N) is 1. The van der Waals surface area contributed by atoms with Gasteiger partial charge in [0, 0.05) is 18.2 Å². The van der Waals surface area contributed by atoms with E-state index < -0.39 is 0 Å². The average molecular weight is 260 g/mol. The summed E-state index contributed by atoms with van der Waals surface area (Å²) in [5.74, 6) is 2.90. The fourth-order valence-corrected chi connectivity index (χ4v) is 2.48. The molecule has 3 N–H and O–H groups in total. The number of amides is 1. The van der Waals surface area contributed by atoms with Crippen molar-refractivity contribution in [2.75, 3.05) is 18.1 Å². The SMILES string of the molecule is CCSCC(C)NC(=O)CCC(CC)CCN. The maximum absolute atomic E-state index is 11.7. The molecule has 0 aliphatic carbocycles. The Hall–Kier alpha value is -0.220. The second-order valence-electron chi connectivity index (χ2n) is 4.52. The van der Waals surface area contributed by atoms with Crippen molar-refractivity contribution >= 4 is 17.7 Å². The van der Waals surface area contributed by atoms with Crippen LogP contribution in [-0.2, 0) is 4.79 Å². The van der Waals surface area contributed by atoms with E-state index >= 15 is 0 Å². The predicted octanol–water partition coefficient (Wildman–Crippen LogP) is 2.40. The molecule has 0 aromatic carbocycles. The monoisotopic (exact) mass is 260 g/mol. The van der Waals surface area contributed by atoms with Gasteiger partial charge in [0.05, 0.1) is 0 Å². The molecule has 0 bridgehead atoms. The quantitative estimate of drug-likeness (QED) is 0.634. The van der Waals surface area contributed by atoms with Gasteiger partial charge in [0.15, 0.2) is 0 Å². The van der Waals surface area contributed by atoms with Crippen molar-refractivity contribution in [3.05, 3.63) is 0 Å². The van der Waals surface area contributed by atoms with Crippen LogP contribution in [-0.4, -0.2) is 30.0 Å². The third-order valence-corrected chi connectivity index (χ3v) is 4.06. The van der Waals surface area contributed by atoms with Crippen LogP contribution in [0, 0.1) is 5.92 Å². The minimum absolute atomic E-state index is 0.185. The first-order chi connectivity index (χ1) is 8.13. The fraction of sp³-hybridized carbons (Fsp3) is 0.923. The van der Waals surface area contributed by atoms with E-state index in [1.54, 1.807) is 0 Å². The molecule has 0 aliphatic rings. The molecular formula is C13H28N2OS. The Morgan fingerprint density at radius 2 is 2.06 bits per heavy atom. The van der Waals surface area contributed by atoms with Gasteiger partial charge < -0.3 is 11.1 Å². The highest BCUT2D eigenvalue weighted by atomic mass is 32.2. The smallest absolute Gasteiger partial charge is 0.220 e. The first kappa shape index (κ1) is 16.8. The maximum Gasteiger partial charge on any atom is 0.220 e. The summed E-state index contributed by atoms with van der Waals surface area (Å²) in [6.45, 7) is 7.10. The van der Waals surface area contributed by atoms with Gasteiger partial charge >= 0.3 is 0 Å². The molecule has 17 heavy (non-hydrogen) atoms. The van der Waals surface area contributed by atoms with E-state index in [9.17, 15) is 4.79 Å². The lowest BCUT2D eigenvalue weighted by atomic mass is 9.96. The highest BCUT2D eigenvalue weighted by Gasteiger charge is 2.10. The summed E-state index contributed by atoms with van der Waals surface area (Å²) in [5, 5.41) is 3.05. The summed E-state index contributed by atoms with van der Waals surface area (Å²) in [6, 6.07) is 0.280. The van der Waals surface area contributed by atoms with Crippen molar-refractivity contribution in [1.29, 1.82) is 0 Å². The van der Waals surface area contributed by atoms with Gasteiger partial charge in [-0.1, -0.05) is 20.3 Å². The number of thioether (sulfide) groups is 1. The summed E-state index contributed by atoms with van der Waals surface area (Å²) in [4.78, 5) is 11.7. The lowest BCUT2D eigenvalue weighted by Gasteiger charge is -2.16. The van der Waals surface area contributed by atoms with E-state index in [1.807, 2.05) is 11.8 Å². The van der Waals surface area contributed by atoms with Crippen molar-refractivity contribution in [3.63, 3.8) is 0 Å². The van der Waals surface area contributed by atoms with E-state index in [4.69, 9.17) is 5.73 Å². The molecule has 102 valence electrons. The van der Waals surface area contributed by atoms with Crippen LogP contribution < -0.4 is 11.1 Å². The Labute approximate surface area is 110 Å².